The molecule has 3 aromatic rings. The van der Waals surface area contributed by atoms with E-state index in [1.165, 1.54) is 15.8 Å². The summed E-state index contributed by atoms with van der Waals surface area (Å²) in [6.07, 6.45) is 0.965. The Kier molecular flexibility index (Phi) is 7.62. The van der Waals surface area contributed by atoms with Crippen molar-refractivity contribution < 1.29 is 13.2 Å². The lowest BCUT2D eigenvalue weighted by Gasteiger charge is -2.26. The van der Waals surface area contributed by atoms with E-state index in [1.54, 1.807) is 24.3 Å². The molecular formula is C24H20Cl2N6O3S. The van der Waals surface area contributed by atoms with Crippen LogP contribution in [0.2, 0.25) is 10.0 Å². The van der Waals surface area contributed by atoms with Crippen molar-refractivity contribution in [2.45, 2.75) is 12.8 Å². The molecule has 1 amide bonds. The highest BCUT2D eigenvalue weighted by atomic mass is 35.5. The van der Waals surface area contributed by atoms with Crippen LogP contribution in [0.15, 0.2) is 42.5 Å². The molecule has 1 saturated heterocycles. The fourth-order valence-electron chi connectivity index (χ4n) is 3.83. The topological polar surface area (TPSA) is 132 Å². The van der Waals surface area contributed by atoms with Crippen molar-refractivity contribution in [1.29, 1.82) is 10.5 Å². The van der Waals surface area contributed by atoms with Crippen LogP contribution in [0.3, 0.4) is 0 Å². The summed E-state index contributed by atoms with van der Waals surface area (Å²) in [5.74, 6) is -0.783. The molecule has 9 nitrogen and oxygen atoms in total. The predicted octanol–water partition coefficient (Wildman–Crippen LogP) is 3.55. The van der Waals surface area contributed by atoms with Gasteiger partial charge in [-0.25, -0.2) is 18.1 Å². The number of carbonyl (C=O) groups excluding carboxylic acids is 1. The normalized spacial score (nSPS) is 15.1. The van der Waals surface area contributed by atoms with Gasteiger partial charge in [0.25, 0.3) is 5.91 Å². The zero-order valence-electron chi connectivity index (χ0n) is 18.9. The van der Waals surface area contributed by atoms with Gasteiger partial charge in [-0.3, -0.25) is 10.2 Å². The van der Waals surface area contributed by atoms with Gasteiger partial charge in [0, 0.05) is 30.1 Å². The van der Waals surface area contributed by atoms with Gasteiger partial charge in [-0.15, -0.1) is 0 Å². The Bertz CT molecular complexity index is 1490. The molecule has 1 aliphatic heterocycles. The summed E-state index contributed by atoms with van der Waals surface area (Å²) in [5, 5.41) is 25.5. The number of nitriles is 2. The van der Waals surface area contributed by atoms with E-state index in [1.807, 2.05) is 12.1 Å². The van der Waals surface area contributed by atoms with Crippen molar-refractivity contribution in [3.8, 4) is 29.1 Å². The second kappa shape index (κ2) is 10.7. The molecule has 0 radical (unpaired) electrons. The number of halogens is 2. The third-order valence-electron chi connectivity index (χ3n) is 5.71. The Morgan fingerprint density at radius 2 is 1.78 bits per heavy atom. The van der Waals surface area contributed by atoms with Crippen molar-refractivity contribution in [2.75, 3.05) is 24.6 Å². The molecule has 184 valence electrons. The number of benzene rings is 2. The van der Waals surface area contributed by atoms with E-state index in [-0.39, 0.29) is 40.9 Å². The van der Waals surface area contributed by atoms with Gasteiger partial charge in [0.05, 0.1) is 34.0 Å². The highest BCUT2D eigenvalue weighted by Gasteiger charge is 2.29. The minimum absolute atomic E-state index is 0.0351. The van der Waals surface area contributed by atoms with E-state index in [9.17, 15) is 18.5 Å². The Morgan fingerprint density at radius 1 is 1.08 bits per heavy atom. The van der Waals surface area contributed by atoms with Crippen LogP contribution in [0.1, 0.15) is 28.0 Å². The molecule has 0 saturated carbocycles. The molecule has 1 aliphatic rings. The number of rotatable bonds is 6. The van der Waals surface area contributed by atoms with E-state index in [4.69, 9.17) is 28.5 Å². The molecule has 0 spiro atoms. The number of nitrogens with zero attached hydrogens (tertiary/aromatic N) is 5. The predicted molar refractivity (Wildman–Crippen MR) is 135 cm³/mol. The average Bonchev–Trinajstić information content (AvgIpc) is 3.24. The number of aromatic nitrogens is 2. The van der Waals surface area contributed by atoms with Gasteiger partial charge in [-0.2, -0.15) is 15.6 Å². The highest BCUT2D eigenvalue weighted by Crippen LogP contribution is 2.33. The standard InChI is InChI=1S/C24H20Cl2N6O3S/c25-18-7-8-21(20(26)14-18)32-23(17-5-3-16(4-6-17)2-1-9-27)19(15-28)22(29-32)24(33)30-31-10-12-36(34,35)13-11-31/h3-8,14H,1-2,10-13H2,(H,30,33). The Balaban J connectivity index is 1.78. The van der Waals surface area contributed by atoms with Gasteiger partial charge in [0.1, 0.15) is 11.6 Å². The largest absolute Gasteiger partial charge is 0.287 e. The molecular weight excluding hydrogens is 523 g/mol. The first-order valence-corrected chi connectivity index (χ1v) is 13.5. The summed E-state index contributed by atoms with van der Waals surface area (Å²) in [4.78, 5) is 13.2. The van der Waals surface area contributed by atoms with Crippen molar-refractivity contribution in [1.82, 2.24) is 20.2 Å². The molecule has 0 unspecified atom stereocenters. The summed E-state index contributed by atoms with van der Waals surface area (Å²) in [6.45, 7) is 0.271. The fraction of sp³-hybridized carbons (Fsp3) is 0.250. The summed E-state index contributed by atoms with van der Waals surface area (Å²) in [7, 11) is -3.13. The maximum atomic E-state index is 13.2. The van der Waals surface area contributed by atoms with E-state index in [0.29, 0.717) is 34.8 Å². The van der Waals surface area contributed by atoms with Gasteiger partial charge in [0.2, 0.25) is 0 Å². The lowest BCUT2D eigenvalue weighted by Crippen LogP contribution is -2.50. The van der Waals surface area contributed by atoms with Crippen LogP contribution >= 0.6 is 23.2 Å². The van der Waals surface area contributed by atoms with Crippen LogP contribution in [0.25, 0.3) is 16.9 Å². The number of carbonyl (C=O) groups is 1. The molecule has 12 heteroatoms. The number of sulfone groups is 1. The van der Waals surface area contributed by atoms with Crippen molar-refractivity contribution in [3.05, 3.63) is 69.3 Å². The lowest BCUT2D eigenvalue weighted by atomic mass is 10.0. The Hall–Kier alpha value is -3.41. The minimum atomic E-state index is -3.13. The number of nitrogens with one attached hydrogen (secondary N) is 1. The quantitative estimate of drug-likeness (QED) is 0.503. The van der Waals surface area contributed by atoms with Crippen LogP contribution in [0.5, 0.6) is 0 Å². The Morgan fingerprint density at radius 3 is 2.39 bits per heavy atom. The molecule has 1 N–H and O–H groups in total. The maximum Gasteiger partial charge on any atom is 0.287 e. The summed E-state index contributed by atoms with van der Waals surface area (Å²) < 4.78 is 24.9. The number of hydrazine groups is 1. The van der Waals surface area contributed by atoms with Gasteiger partial charge in [0.15, 0.2) is 15.5 Å². The zero-order valence-corrected chi connectivity index (χ0v) is 21.2. The highest BCUT2D eigenvalue weighted by molar-refractivity contribution is 7.91. The van der Waals surface area contributed by atoms with Crippen LogP contribution in [-0.2, 0) is 16.3 Å². The first kappa shape index (κ1) is 25.7. The first-order chi connectivity index (χ1) is 17.2. The van der Waals surface area contributed by atoms with Crippen molar-refractivity contribution in [2.24, 2.45) is 0 Å². The summed E-state index contributed by atoms with van der Waals surface area (Å²) in [5.41, 5.74) is 4.93. The lowest BCUT2D eigenvalue weighted by molar-refractivity contribution is 0.0796. The monoisotopic (exact) mass is 542 g/mol. The molecule has 2 heterocycles. The van der Waals surface area contributed by atoms with Crippen molar-refractivity contribution >= 4 is 38.9 Å². The third-order valence-corrected chi connectivity index (χ3v) is 7.85. The molecule has 2 aromatic carbocycles. The molecule has 4 rings (SSSR count). The molecule has 0 atom stereocenters. The summed E-state index contributed by atoms with van der Waals surface area (Å²) in [6, 6.07) is 16.3. The number of amides is 1. The van der Waals surface area contributed by atoms with Gasteiger partial charge in [-0.05, 0) is 30.2 Å². The van der Waals surface area contributed by atoms with Gasteiger partial charge >= 0.3 is 0 Å². The summed E-state index contributed by atoms with van der Waals surface area (Å²) >= 11 is 12.5. The van der Waals surface area contributed by atoms with Crippen LogP contribution in [-0.4, -0.2) is 53.7 Å². The van der Waals surface area contributed by atoms with E-state index in [0.717, 1.165) is 5.56 Å². The van der Waals surface area contributed by atoms with Crippen LogP contribution in [0, 0.1) is 22.7 Å². The molecule has 0 aliphatic carbocycles. The van der Waals surface area contributed by atoms with Crippen LogP contribution in [0.4, 0.5) is 0 Å². The van der Waals surface area contributed by atoms with E-state index >= 15 is 0 Å². The molecule has 1 aromatic heterocycles. The second-order valence-corrected chi connectivity index (χ2v) is 11.3. The third kappa shape index (κ3) is 5.53. The number of aryl methyl sites for hydroxylation is 1. The van der Waals surface area contributed by atoms with Gasteiger partial charge in [-0.1, -0.05) is 47.5 Å². The maximum absolute atomic E-state index is 13.2. The molecule has 1 fully saturated rings. The van der Waals surface area contributed by atoms with Gasteiger partial charge < -0.3 is 0 Å². The minimum Gasteiger partial charge on any atom is -0.283 e. The number of hydrogen-bond acceptors (Lipinski definition) is 7. The van der Waals surface area contributed by atoms with E-state index < -0.39 is 15.7 Å². The molecule has 36 heavy (non-hydrogen) atoms. The Labute approximate surface area is 218 Å². The fourth-order valence-corrected chi connectivity index (χ4v) is 5.52. The van der Waals surface area contributed by atoms with E-state index in [2.05, 4.69) is 22.7 Å². The second-order valence-electron chi connectivity index (χ2n) is 8.13. The number of hydrogen-bond donors (Lipinski definition) is 1. The van der Waals surface area contributed by atoms with Crippen molar-refractivity contribution in [3.63, 3.8) is 0 Å². The SMILES string of the molecule is N#CCCc1ccc(-c2c(C#N)c(C(=O)NN3CCS(=O)(=O)CC3)nn2-c2ccc(Cl)cc2Cl)cc1. The first-order valence-electron chi connectivity index (χ1n) is 10.9. The zero-order chi connectivity index (χ0) is 25.9. The smallest absolute Gasteiger partial charge is 0.283 e. The molecule has 0 bridgehead atoms. The average molecular weight is 543 g/mol. The van der Waals surface area contributed by atoms with Crippen LogP contribution < -0.4 is 5.43 Å².